The molecule has 134 valence electrons. The monoisotopic (exact) mass is 345 g/mol. The van der Waals surface area contributed by atoms with Gasteiger partial charge >= 0.3 is 0 Å². The molecule has 2 unspecified atom stereocenters. The van der Waals surface area contributed by atoms with Crippen molar-refractivity contribution in [3.63, 3.8) is 0 Å². The van der Waals surface area contributed by atoms with Crippen LogP contribution in [0.1, 0.15) is 45.4 Å². The second-order valence-electron chi connectivity index (χ2n) is 7.24. The van der Waals surface area contributed by atoms with Crippen LogP contribution in [0.15, 0.2) is 0 Å². The Hall–Kier alpha value is -0.810. The lowest BCUT2D eigenvalue weighted by Crippen LogP contribution is -2.51. The van der Waals surface area contributed by atoms with Crippen molar-refractivity contribution in [2.24, 2.45) is 23.5 Å². The van der Waals surface area contributed by atoms with Crippen LogP contribution in [0.3, 0.4) is 0 Å². The SMILES string of the molecule is CCCN(CC(=O)N(C)C)C(=O)C1CC2CCCC(C1)C2N.Cl. The van der Waals surface area contributed by atoms with Gasteiger partial charge in [-0.3, -0.25) is 9.59 Å². The molecular formula is C17H32ClN3O2. The van der Waals surface area contributed by atoms with Crippen LogP contribution in [0.4, 0.5) is 0 Å². The molecule has 2 N–H and O–H groups in total. The van der Waals surface area contributed by atoms with E-state index in [1.807, 2.05) is 6.92 Å². The van der Waals surface area contributed by atoms with E-state index in [1.165, 1.54) is 6.42 Å². The average molecular weight is 346 g/mol. The number of nitrogens with two attached hydrogens (primary N) is 1. The van der Waals surface area contributed by atoms with Gasteiger partial charge < -0.3 is 15.5 Å². The molecule has 0 saturated heterocycles. The van der Waals surface area contributed by atoms with E-state index >= 15 is 0 Å². The quantitative estimate of drug-likeness (QED) is 0.827. The van der Waals surface area contributed by atoms with E-state index in [2.05, 4.69) is 0 Å². The Bertz CT molecular complexity index is 403. The molecule has 2 fully saturated rings. The van der Waals surface area contributed by atoms with Crippen molar-refractivity contribution in [2.45, 2.75) is 51.5 Å². The van der Waals surface area contributed by atoms with Gasteiger partial charge in [0, 0.05) is 32.6 Å². The Labute approximate surface area is 146 Å². The van der Waals surface area contributed by atoms with Crippen molar-refractivity contribution in [2.75, 3.05) is 27.2 Å². The number of fused-ring (bicyclic) bond motifs is 2. The largest absolute Gasteiger partial charge is 0.347 e. The van der Waals surface area contributed by atoms with Crippen molar-refractivity contribution in [1.82, 2.24) is 9.80 Å². The van der Waals surface area contributed by atoms with Gasteiger partial charge in [0.15, 0.2) is 0 Å². The number of rotatable bonds is 5. The number of hydrogen-bond donors (Lipinski definition) is 1. The maximum Gasteiger partial charge on any atom is 0.241 e. The minimum absolute atomic E-state index is 0. The normalized spacial score (nSPS) is 29.4. The molecule has 0 spiro atoms. The molecule has 23 heavy (non-hydrogen) atoms. The molecular weight excluding hydrogens is 314 g/mol. The molecule has 2 saturated carbocycles. The predicted octanol–water partition coefficient (Wildman–Crippen LogP) is 1.89. The predicted molar refractivity (Wildman–Crippen MR) is 94.3 cm³/mol. The highest BCUT2D eigenvalue weighted by Crippen LogP contribution is 2.42. The van der Waals surface area contributed by atoms with Crippen LogP contribution in [-0.4, -0.2) is 54.8 Å². The Morgan fingerprint density at radius 1 is 1.13 bits per heavy atom. The fourth-order valence-corrected chi connectivity index (χ4v) is 4.09. The maximum absolute atomic E-state index is 12.9. The lowest BCUT2D eigenvalue weighted by Gasteiger charge is -2.44. The van der Waals surface area contributed by atoms with Gasteiger partial charge in [-0.05, 0) is 43.9 Å². The summed E-state index contributed by atoms with van der Waals surface area (Å²) in [6.07, 6.45) is 6.27. The third kappa shape index (κ3) is 4.83. The van der Waals surface area contributed by atoms with Gasteiger partial charge in [-0.1, -0.05) is 13.3 Å². The Morgan fingerprint density at radius 3 is 2.17 bits per heavy atom. The second-order valence-corrected chi connectivity index (χ2v) is 7.24. The molecule has 2 aliphatic rings. The molecule has 0 aromatic carbocycles. The van der Waals surface area contributed by atoms with Crippen LogP contribution in [0.5, 0.6) is 0 Å². The van der Waals surface area contributed by atoms with Crippen LogP contribution in [-0.2, 0) is 9.59 Å². The summed E-state index contributed by atoms with van der Waals surface area (Å²) in [5, 5.41) is 0. The van der Waals surface area contributed by atoms with Gasteiger partial charge in [0.25, 0.3) is 0 Å². The van der Waals surface area contributed by atoms with Gasteiger partial charge in [-0.25, -0.2) is 0 Å². The van der Waals surface area contributed by atoms with E-state index < -0.39 is 0 Å². The first-order valence-corrected chi connectivity index (χ1v) is 8.68. The summed E-state index contributed by atoms with van der Waals surface area (Å²) in [5.74, 6) is 1.22. The van der Waals surface area contributed by atoms with Crippen molar-refractivity contribution in [3.8, 4) is 0 Å². The molecule has 0 radical (unpaired) electrons. The summed E-state index contributed by atoms with van der Waals surface area (Å²) < 4.78 is 0. The van der Waals surface area contributed by atoms with E-state index in [0.29, 0.717) is 18.4 Å². The van der Waals surface area contributed by atoms with Gasteiger partial charge in [0.1, 0.15) is 0 Å². The topological polar surface area (TPSA) is 66.6 Å². The van der Waals surface area contributed by atoms with Crippen LogP contribution < -0.4 is 5.73 Å². The number of carbonyl (C=O) groups excluding carboxylic acids is 2. The highest BCUT2D eigenvalue weighted by Gasteiger charge is 2.41. The molecule has 0 aromatic heterocycles. The van der Waals surface area contributed by atoms with Gasteiger partial charge in [0.05, 0.1) is 6.54 Å². The van der Waals surface area contributed by atoms with Crippen molar-refractivity contribution in [3.05, 3.63) is 0 Å². The first kappa shape index (κ1) is 20.2. The first-order chi connectivity index (χ1) is 10.4. The zero-order chi connectivity index (χ0) is 16.3. The van der Waals surface area contributed by atoms with Gasteiger partial charge in [-0.15, -0.1) is 12.4 Å². The standard InChI is InChI=1S/C17H31N3O2.ClH/c1-4-8-20(11-15(21)19(2)3)17(22)14-9-12-6-5-7-13(10-14)16(12)18;/h12-14,16H,4-11,18H2,1-3H3;1H. The lowest BCUT2D eigenvalue weighted by atomic mass is 9.65. The molecule has 0 heterocycles. The number of hydrogen-bond acceptors (Lipinski definition) is 3. The maximum atomic E-state index is 12.9. The molecule has 5 nitrogen and oxygen atoms in total. The second kappa shape index (κ2) is 8.88. The van der Waals surface area contributed by atoms with Crippen LogP contribution >= 0.6 is 12.4 Å². The van der Waals surface area contributed by atoms with Gasteiger partial charge in [0.2, 0.25) is 11.8 Å². The number of amides is 2. The third-order valence-electron chi connectivity index (χ3n) is 5.39. The zero-order valence-corrected chi connectivity index (χ0v) is 15.5. The molecule has 6 heteroatoms. The molecule has 2 amide bonds. The van der Waals surface area contributed by atoms with Crippen LogP contribution in [0.2, 0.25) is 0 Å². The average Bonchev–Trinajstić information content (AvgIpc) is 2.45. The number of nitrogens with zero attached hydrogens (tertiary/aromatic N) is 2. The minimum atomic E-state index is -0.00509. The smallest absolute Gasteiger partial charge is 0.241 e. The fourth-order valence-electron chi connectivity index (χ4n) is 4.09. The van der Waals surface area contributed by atoms with E-state index in [1.54, 1.807) is 23.9 Å². The molecule has 2 bridgehead atoms. The lowest BCUT2D eigenvalue weighted by molar-refractivity contribution is -0.144. The van der Waals surface area contributed by atoms with Crippen LogP contribution in [0.25, 0.3) is 0 Å². The molecule has 0 aliphatic heterocycles. The van der Waals surface area contributed by atoms with Crippen molar-refractivity contribution < 1.29 is 9.59 Å². The summed E-state index contributed by atoms with van der Waals surface area (Å²) in [5.41, 5.74) is 6.32. The van der Waals surface area contributed by atoms with E-state index in [9.17, 15) is 9.59 Å². The molecule has 2 atom stereocenters. The van der Waals surface area contributed by atoms with E-state index in [-0.39, 0.29) is 42.7 Å². The first-order valence-electron chi connectivity index (χ1n) is 8.68. The summed E-state index contributed by atoms with van der Waals surface area (Å²) in [4.78, 5) is 28.2. The Morgan fingerprint density at radius 2 is 1.70 bits per heavy atom. The van der Waals surface area contributed by atoms with E-state index in [4.69, 9.17) is 5.73 Å². The van der Waals surface area contributed by atoms with Gasteiger partial charge in [-0.2, -0.15) is 0 Å². The third-order valence-corrected chi connectivity index (χ3v) is 5.39. The number of carbonyl (C=O) groups is 2. The summed E-state index contributed by atoms with van der Waals surface area (Å²) in [7, 11) is 3.47. The summed E-state index contributed by atoms with van der Waals surface area (Å²) >= 11 is 0. The minimum Gasteiger partial charge on any atom is -0.347 e. The highest BCUT2D eigenvalue weighted by atomic mass is 35.5. The summed E-state index contributed by atoms with van der Waals surface area (Å²) in [6.45, 7) is 2.92. The number of likely N-dealkylation sites (N-methyl/N-ethyl adjacent to an activating group) is 1. The Balaban J connectivity index is 0.00000264. The zero-order valence-electron chi connectivity index (χ0n) is 14.7. The molecule has 0 aromatic rings. The van der Waals surface area contributed by atoms with Crippen molar-refractivity contribution in [1.29, 1.82) is 0 Å². The molecule has 2 rings (SSSR count). The summed E-state index contributed by atoms with van der Waals surface area (Å²) in [6, 6.07) is 0.279. The molecule has 2 aliphatic carbocycles. The Kier molecular flexibility index (Phi) is 7.81. The van der Waals surface area contributed by atoms with Crippen molar-refractivity contribution >= 4 is 24.2 Å². The fraction of sp³-hybridized carbons (Fsp3) is 0.882. The van der Waals surface area contributed by atoms with E-state index in [0.717, 1.165) is 32.1 Å². The highest BCUT2D eigenvalue weighted by molar-refractivity contribution is 5.86. The van der Waals surface area contributed by atoms with Crippen LogP contribution in [0, 0.1) is 17.8 Å². The number of halogens is 1.